The highest BCUT2D eigenvalue weighted by Gasteiger charge is 1.89. The van der Waals surface area contributed by atoms with Crippen LogP contribution in [0, 0.1) is 5.41 Å². The summed E-state index contributed by atoms with van der Waals surface area (Å²) in [6.07, 6.45) is 9.93. The van der Waals surface area contributed by atoms with E-state index in [-0.39, 0.29) is 0 Å². The van der Waals surface area contributed by atoms with Crippen molar-refractivity contribution in [3.63, 3.8) is 0 Å². The monoisotopic (exact) mass is 171 g/mol. The van der Waals surface area contributed by atoms with Gasteiger partial charge >= 0.3 is 0 Å². The summed E-state index contributed by atoms with van der Waals surface area (Å²) in [5.41, 5.74) is 3.80. The van der Waals surface area contributed by atoms with Crippen LogP contribution in [0.25, 0.3) is 0 Å². The largest absolute Gasteiger partial charge is 0.300 e. The summed E-state index contributed by atoms with van der Waals surface area (Å²) in [5.74, 6) is 0. The average Bonchev–Trinajstić information content (AvgIpc) is 2.16. The van der Waals surface area contributed by atoms with E-state index in [0.717, 1.165) is 0 Å². The molecule has 1 N–H and O–H groups in total. The zero-order chi connectivity index (χ0) is 10.1. The lowest BCUT2D eigenvalue weighted by atomic mass is 10.2. The molecule has 0 rings (SSSR count). The van der Waals surface area contributed by atoms with Gasteiger partial charge in [0.2, 0.25) is 0 Å². The Labute approximate surface area is 79.3 Å². The lowest BCUT2D eigenvalue weighted by Gasteiger charge is -1.92. The van der Waals surface area contributed by atoms with Gasteiger partial charge in [-0.2, -0.15) is 0 Å². The third-order valence-corrected chi connectivity index (χ3v) is 1.26. The molecule has 1 nitrogen and oxygen atoms in total. The Hall–Kier alpha value is -1.85. The van der Waals surface area contributed by atoms with Crippen LogP contribution in [-0.4, -0.2) is 5.71 Å². The standard InChI is InChI=1S/C12H13N/c1-4-6-7-8-9-10-12(13)11(3)5-2/h4-6,8-10,13H,1-3H2/b10-9+,13-12?. The molecule has 0 aromatic rings. The van der Waals surface area contributed by atoms with E-state index < -0.39 is 0 Å². The van der Waals surface area contributed by atoms with Crippen LogP contribution in [0.3, 0.4) is 0 Å². The van der Waals surface area contributed by atoms with E-state index in [4.69, 9.17) is 5.41 Å². The lowest BCUT2D eigenvalue weighted by Crippen LogP contribution is -1.90. The Morgan fingerprint density at radius 1 is 1.23 bits per heavy atom. The Morgan fingerprint density at radius 3 is 2.46 bits per heavy atom. The van der Waals surface area contributed by atoms with Crippen molar-refractivity contribution in [1.82, 2.24) is 0 Å². The molecule has 0 atom stereocenters. The molecule has 0 aliphatic carbocycles. The first kappa shape index (κ1) is 11.2. The fraction of sp³-hybridized carbons (Fsp3) is 0. The second-order valence-corrected chi connectivity index (χ2v) is 2.24. The van der Waals surface area contributed by atoms with Gasteiger partial charge < -0.3 is 5.41 Å². The maximum Gasteiger partial charge on any atom is 0.0606 e. The molecule has 0 fully saturated rings. The van der Waals surface area contributed by atoms with Gasteiger partial charge in [-0.25, -0.2) is 0 Å². The fourth-order valence-electron chi connectivity index (χ4n) is 0.540. The number of allylic oxidation sites excluding steroid dienone is 6. The quantitative estimate of drug-likeness (QED) is 0.373. The van der Waals surface area contributed by atoms with Crippen LogP contribution >= 0.6 is 0 Å². The zero-order valence-corrected chi connectivity index (χ0v) is 7.59. The number of rotatable bonds is 5. The topological polar surface area (TPSA) is 23.9 Å². The van der Waals surface area contributed by atoms with E-state index in [1.165, 1.54) is 0 Å². The SMILES string of the molecule is C=CC=C=C/C=C/C(=N)C(=C)C=C. The van der Waals surface area contributed by atoms with Crippen molar-refractivity contribution in [1.29, 1.82) is 5.41 Å². The van der Waals surface area contributed by atoms with Crippen LogP contribution in [0.15, 0.2) is 67.5 Å². The predicted octanol–water partition coefficient (Wildman–Crippen LogP) is 3.20. The first-order chi connectivity index (χ1) is 6.22. The van der Waals surface area contributed by atoms with Crippen molar-refractivity contribution in [3.05, 3.63) is 67.5 Å². The van der Waals surface area contributed by atoms with E-state index in [2.05, 4.69) is 25.5 Å². The third kappa shape index (κ3) is 5.42. The Bertz CT molecular complexity index is 310. The molecular formula is C12H13N. The van der Waals surface area contributed by atoms with Gasteiger partial charge in [-0.1, -0.05) is 38.0 Å². The summed E-state index contributed by atoms with van der Waals surface area (Å²) in [6, 6.07) is 0. The van der Waals surface area contributed by atoms with Gasteiger partial charge in [0.25, 0.3) is 0 Å². The molecule has 0 spiro atoms. The van der Waals surface area contributed by atoms with Gasteiger partial charge in [0.05, 0.1) is 5.71 Å². The van der Waals surface area contributed by atoms with Crippen LogP contribution in [0.4, 0.5) is 0 Å². The Kier molecular flexibility index (Phi) is 5.86. The van der Waals surface area contributed by atoms with Crippen LogP contribution in [0.2, 0.25) is 0 Å². The van der Waals surface area contributed by atoms with Crippen molar-refractivity contribution >= 4 is 5.71 Å². The minimum atomic E-state index is 0.353. The summed E-state index contributed by atoms with van der Waals surface area (Å²) < 4.78 is 0. The van der Waals surface area contributed by atoms with Crippen molar-refractivity contribution in [2.24, 2.45) is 0 Å². The van der Waals surface area contributed by atoms with Gasteiger partial charge in [0, 0.05) is 0 Å². The molecule has 0 aliphatic rings. The molecule has 66 valence electrons. The molecule has 13 heavy (non-hydrogen) atoms. The van der Waals surface area contributed by atoms with Gasteiger partial charge in [-0.15, -0.1) is 5.73 Å². The summed E-state index contributed by atoms with van der Waals surface area (Å²) in [7, 11) is 0. The molecule has 0 radical (unpaired) electrons. The summed E-state index contributed by atoms with van der Waals surface area (Å²) in [5, 5.41) is 7.44. The van der Waals surface area contributed by atoms with E-state index >= 15 is 0 Å². The van der Waals surface area contributed by atoms with Crippen LogP contribution in [-0.2, 0) is 0 Å². The molecule has 0 aromatic carbocycles. The Morgan fingerprint density at radius 2 is 1.92 bits per heavy atom. The zero-order valence-electron chi connectivity index (χ0n) is 7.59. The van der Waals surface area contributed by atoms with Gasteiger partial charge in [0.1, 0.15) is 0 Å². The summed E-state index contributed by atoms with van der Waals surface area (Å²) in [4.78, 5) is 0. The molecule has 0 unspecified atom stereocenters. The molecule has 0 bridgehead atoms. The predicted molar refractivity (Wildman–Crippen MR) is 59.1 cm³/mol. The maximum absolute atomic E-state index is 7.44. The highest BCUT2D eigenvalue weighted by atomic mass is 14.4. The smallest absolute Gasteiger partial charge is 0.0606 e. The van der Waals surface area contributed by atoms with Crippen molar-refractivity contribution in [2.45, 2.75) is 0 Å². The highest BCUT2D eigenvalue weighted by Crippen LogP contribution is 1.95. The van der Waals surface area contributed by atoms with E-state index in [9.17, 15) is 0 Å². The minimum Gasteiger partial charge on any atom is -0.300 e. The first-order valence-corrected chi connectivity index (χ1v) is 3.82. The van der Waals surface area contributed by atoms with Crippen molar-refractivity contribution in [2.75, 3.05) is 0 Å². The summed E-state index contributed by atoms with van der Waals surface area (Å²) >= 11 is 0. The average molecular weight is 171 g/mol. The molecule has 0 saturated carbocycles. The van der Waals surface area contributed by atoms with Crippen molar-refractivity contribution < 1.29 is 0 Å². The second kappa shape index (κ2) is 6.84. The van der Waals surface area contributed by atoms with Gasteiger partial charge in [0.15, 0.2) is 0 Å². The number of hydrogen-bond donors (Lipinski definition) is 1. The van der Waals surface area contributed by atoms with E-state index in [1.54, 1.807) is 36.5 Å². The summed E-state index contributed by atoms with van der Waals surface area (Å²) in [6.45, 7) is 10.7. The molecular weight excluding hydrogens is 158 g/mol. The van der Waals surface area contributed by atoms with Gasteiger partial charge in [-0.3, -0.25) is 0 Å². The molecule has 1 heteroatoms. The fourth-order valence-corrected chi connectivity index (χ4v) is 0.540. The van der Waals surface area contributed by atoms with Crippen LogP contribution in [0.1, 0.15) is 0 Å². The number of hydrogen-bond acceptors (Lipinski definition) is 1. The van der Waals surface area contributed by atoms with Crippen LogP contribution < -0.4 is 0 Å². The Balaban J connectivity index is 4.21. The third-order valence-electron chi connectivity index (χ3n) is 1.26. The van der Waals surface area contributed by atoms with Crippen LogP contribution in [0.5, 0.6) is 0 Å². The molecule has 0 amide bonds. The molecule has 0 aliphatic heterocycles. The lowest BCUT2D eigenvalue weighted by molar-refractivity contribution is 1.51. The highest BCUT2D eigenvalue weighted by molar-refractivity contribution is 6.07. The second-order valence-electron chi connectivity index (χ2n) is 2.24. The van der Waals surface area contributed by atoms with Gasteiger partial charge in [-0.05, 0) is 23.8 Å². The first-order valence-electron chi connectivity index (χ1n) is 3.82. The maximum atomic E-state index is 7.44. The minimum absolute atomic E-state index is 0.353. The number of nitrogens with one attached hydrogen (secondary N) is 1. The van der Waals surface area contributed by atoms with E-state index in [0.29, 0.717) is 11.3 Å². The molecule has 0 saturated heterocycles. The van der Waals surface area contributed by atoms with Crippen molar-refractivity contribution in [3.8, 4) is 0 Å². The molecule has 0 heterocycles. The molecule has 0 aromatic heterocycles. The normalized spacial score (nSPS) is 8.62. The van der Waals surface area contributed by atoms with E-state index in [1.807, 2.05) is 0 Å².